The molecule has 0 fully saturated rings. The minimum Gasteiger partial charge on any atom is -0.354 e. The summed E-state index contributed by atoms with van der Waals surface area (Å²) in [6.07, 6.45) is 1.18. The van der Waals surface area contributed by atoms with Gasteiger partial charge in [-0.25, -0.2) is 12.8 Å². The molecule has 3 aromatic carbocycles. The number of carbonyl (C=O) groups excluding carboxylic acids is 2. The number of hydrogen-bond acceptors (Lipinski definition) is 4. The maximum absolute atomic E-state index is 14.0. The molecule has 10 heteroatoms. The van der Waals surface area contributed by atoms with E-state index in [1.54, 1.807) is 0 Å². The Morgan fingerprint density at radius 2 is 1.62 bits per heavy atom. The molecule has 0 saturated heterocycles. The van der Waals surface area contributed by atoms with Crippen LogP contribution in [0.4, 0.5) is 10.1 Å². The maximum Gasteiger partial charge on any atom is 0.244 e. The molecule has 0 aliphatic carbocycles. The average molecular weight is 619 g/mol. The zero-order valence-corrected chi connectivity index (χ0v) is 24.6. The van der Waals surface area contributed by atoms with Gasteiger partial charge in [0.1, 0.15) is 18.4 Å². The van der Waals surface area contributed by atoms with E-state index in [0.29, 0.717) is 6.54 Å². The molecular formula is C29H33BrFN3O4S. The fourth-order valence-corrected chi connectivity index (χ4v) is 5.34. The molecule has 39 heavy (non-hydrogen) atoms. The quantitative estimate of drug-likeness (QED) is 0.317. The van der Waals surface area contributed by atoms with Crippen LogP contribution in [0.2, 0.25) is 0 Å². The van der Waals surface area contributed by atoms with E-state index in [9.17, 15) is 22.4 Å². The molecule has 0 spiro atoms. The van der Waals surface area contributed by atoms with Crippen molar-refractivity contribution in [3.63, 3.8) is 0 Å². The standard InChI is InChI=1S/C29H33BrFN3O4S/c1-21(2)18-32-29(36)27(16-22-9-5-4-6-10-22)33(19-23-11-7-12-24(30)15-23)28(35)20-34(39(3,37)38)26-14-8-13-25(31)17-26/h4-15,17,21,27H,16,18-20H2,1-3H3,(H,32,36)/t27-/m1/s1. The smallest absolute Gasteiger partial charge is 0.244 e. The largest absolute Gasteiger partial charge is 0.354 e. The molecule has 0 aliphatic heterocycles. The first-order valence-electron chi connectivity index (χ1n) is 12.5. The summed E-state index contributed by atoms with van der Waals surface area (Å²) in [6.45, 7) is 3.83. The predicted octanol–water partition coefficient (Wildman–Crippen LogP) is 4.77. The second-order valence-corrected chi connectivity index (χ2v) is 12.6. The van der Waals surface area contributed by atoms with Crippen molar-refractivity contribution in [3.8, 4) is 0 Å². The Morgan fingerprint density at radius 3 is 2.23 bits per heavy atom. The van der Waals surface area contributed by atoms with Crippen molar-refractivity contribution in [2.45, 2.75) is 32.9 Å². The zero-order chi connectivity index (χ0) is 28.6. The number of halogens is 2. The van der Waals surface area contributed by atoms with Crippen molar-refractivity contribution in [1.82, 2.24) is 10.2 Å². The number of anilines is 1. The number of benzene rings is 3. The van der Waals surface area contributed by atoms with Crippen LogP contribution in [0.3, 0.4) is 0 Å². The first kappa shape index (κ1) is 30.3. The summed E-state index contributed by atoms with van der Waals surface area (Å²) in [5.74, 6) is -1.37. The van der Waals surface area contributed by atoms with Crippen LogP contribution in [0.5, 0.6) is 0 Å². The van der Waals surface area contributed by atoms with Crippen LogP contribution < -0.4 is 9.62 Å². The topological polar surface area (TPSA) is 86.8 Å². The van der Waals surface area contributed by atoms with Crippen LogP contribution in [0.1, 0.15) is 25.0 Å². The zero-order valence-electron chi connectivity index (χ0n) is 22.2. The summed E-state index contributed by atoms with van der Waals surface area (Å²) in [4.78, 5) is 28.9. The van der Waals surface area contributed by atoms with Gasteiger partial charge in [0, 0.05) is 24.0 Å². The molecule has 208 valence electrons. The number of rotatable bonds is 12. The van der Waals surface area contributed by atoms with E-state index in [2.05, 4.69) is 21.2 Å². The Kier molecular flexibility index (Phi) is 10.7. The third-order valence-electron chi connectivity index (χ3n) is 5.97. The van der Waals surface area contributed by atoms with Gasteiger partial charge >= 0.3 is 0 Å². The molecule has 0 aliphatic rings. The van der Waals surface area contributed by atoms with Crippen molar-refractivity contribution in [1.29, 1.82) is 0 Å². The number of hydrogen-bond donors (Lipinski definition) is 1. The molecule has 3 rings (SSSR count). The Labute approximate surface area is 238 Å². The average Bonchev–Trinajstić information content (AvgIpc) is 2.87. The van der Waals surface area contributed by atoms with Gasteiger partial charge in [0.2, 0.25) is 21.8 Å². The van der Waals surface area contributed by atoms with Crippen LogP contribution >= 0.6 is 15.9 Å². The van der Waals surface area contributed by atoms with Crippen LogP contribution in [0.25, 0.3) is 0 Å². The van der Waals surface area contributed by atoms with Gasteiger partial charge in [-0.3, -0.25) is 13.9 Å². The number of sulfonamides is 1. The monoisotopic (exact) mass is 617 g/mol. The van der Waals surface area contributed by atoms with Crippen molar-refractivity contribution in [3.05, 3.63) is 100 Å². The van der Waals surface area contributed by atoms with Gasteiger partial charge < -0.3 is 10.2 Å². The SMILES string of the molecule is CC(C)CNC(=O)[C@@H](Cc1ccccc1)N(Cc1cccc(Br)c1)C(=O)CN(c1cccc(F)c1)S(C)(=O)=O. The molecule has 2 amide bonds. The minimum absolute atomic E-state index is 0.0251. The lowest BCUT2D eigenvalue weighted by Gasteiger charge is -2.33. The van der Waals surface area contributed by atoms with E-state index in [1.807, 2.05) is 68.4 Å². The van der Waals surface area contributed by atoms with E-state index >= 15 is 0 Å². The third-order valence-corrected chi connectivity index (χ3v) is 7.61. The Bertz CT molecular complexity index is 1390. The van der Waals surface area contributed by atoms with Gasteiger partial charge in [0.05, 0.1) is 11.9 Å². The molecular weight excluding hydrogens is 585 g/mol. The second-order valence-electron chi connectivity index (χ2n) is 9.75. The highest BCUT2D eigenvalue weighted by molar-refractivity contribution is 9.10. The summed E-state index contributed by atoms with van der Waals surface area (Å²) in [5.41, 5.74) is 1.63. The van der Waals surface area contributed by atoms with E-state index in [-0.39, 0.29) is 30.5 Å². The highest BCUT2D eigenvalue weighted by atomic mass is 79.9. The third kappa shape index (κ3) is 9.18. The molecule has 0 saturated carbocycles. The van der Waals surface area contributed by atoms with Crippen molar-refractivity contribution in [2.24, 2.45) is 5.92 Å². The van der Waals surface area contributed by atoms with Crippen molar-refractivity contribution < 1.29 is 22.4 Å². The van der Waals surface area contributed by atoms with Crippen LogP contribution in [-0.2, 0) is 32.6 Å². The molecule has 0 aromatic heterocycles. The molecule has 0 heterocycles. The molecule has 0 bridgehead atoms. The van der Waals surface area contributed by atoms with Crippen molar-refractivity contribution >= 4 is 43.5 Å². The molecule has 7 nitrogen and oxygen atoms in total. The van der Waals surface area contributed by atoms with E-state index < -0.39 is 34.3 Å². The van der Waals surface area contributed by atoms with Crippen LogP contribution in [0.15, 0.2) is 83.3 Å². The summed E-state index contributed by atoms with van der Waals surface area (Å²) >= 11 is 3.45. The van der Waals surface area contributed by atoms with Gasteiger partial charge in [-0.2, -0.15) is 0 Å². The summed E-state index contributed by atoms with van der Waals surface area (Å²) < 4.78 is 41.1. The first-order chi connectivity index (χ1) is 18.4. The maximum atomic E-state index is 14.0. The summed E-state index contributed by atoms with van der Waals surface area (Å²) in [5, 5.41) is 2.93. The number of amides is 2. The Hall–Kier alpha value is -3.24. The molecule has 3 aromatic rings. The molecule has 1 atom stereocenters. The van der Waals surface area contributed by atoms with E-state index in [4.69, 9.17) is 0 Å². The summed E-state index contributed by atoms with van der Waals surface area (Å²) in [6, 6.07) is 20.8. The Balaban J connectivity index is 2.05. The van der Waals surface area contributed by atoms with Crippen LogP contribution in [-0.4, -0.2) is 50.5 Å². The van der Waals surface area contributed by atoms with Crippen molar-refractivity contribution in [2.75, 3.05) is 23.7 Å². The Morgan fingerprint density at radius 1 is 0.949 bits per heavy atom. The van der Waals surface area contributed by atoms with Gasteiger partial charge in [0.15, 0.2) is 0 Å². The molecule has 0 radical (unpaired) electrons. The van der Waals surface area contributed by atoms with Gasteiger partial charge in [-0.1, -0.05) is 78.3 Å². The second kappa shape index (κ2) is 13.7. The fourth-order valence-electron chi connectivity index (χ4n) is 4.05. The normalized spacial score (nSPS) is 12.2. The minimum atomic E-state index is -3.96. The number of nitrogens with zero attached hydrogens (tertiary/aromatic N) is 2. The fraction of sp³-hybridized carbons (Fsp3) is 0.310. The van der Waals surface area contributed by atoms with Gasteiger partial charge in [-0.15, -0.1) is 0 Å². The predicted molar refractivity (Wildman–Crippen MR) is 155 cm³/mol. The molecule has 1 N–H and O–H groups in total. The van der Waals surface area contributed by atoms with Crippen LogP contribution in [0, 0.1) is 11.7 Å². The lowest BCUT2D eigenvalue weighted by Crippen LogP contribution is -2.53. The lowest BCUT2D eigenvalue weighted by molar-refractivity contribution is -0.140. The summed E-state index contributed by atoms with van der Waals surface area (Å²) in [7, 11) is -3.96. The van der Waals surface area contributed by atoms with E-state index in [0.717, 1.165) is 32.2 Å². The van der Waals surface area contributed by atoms with Gasteiger partial charge in [-0.05, 0) is 47.4 Å². The highest BCUT2D eigenvalue weighted by Gasteiger charge is 2.33. The first-order valence-corrected chi connectivity index (χ1v) is 15.2. The van der Waals surface area contributed by atoms with Gasteiger partial charge in [0.25, 0.3) is 0 Å². The van der Waals surface area contributed by atoms with E-state index in [1.165, 1.54) is 23.1 Å². The highest BCUT2D eigenvalue weighted by Crippen LogP contribution is 2.22. The number of carbonyl (C=O) groups is 2. The molecule has 0 unspecified atom stereocenters. The number of nitrogens with one attached hydrogen (secondary N) is 1. The lowest BCUT2D eigenvalue weighted by atomic mass is 10.0.